The van der Waals surface area contributed by atoms with E-state index in [2.05, 4.69) is 0 Å². The smallest absolute Gasteiger partial charge is 0.219 e. The molecule has 0 bridgehead atoms. The normalized spacial score (nSPS) is 11.7. The van der Waals surface area contributed by atoms with Crippen molar-refractivity contribution in [3.8, 4) is 0 Å². The molecule has 0 aliphatic carbocycles. The summed E-state index contributed by atoms with van der Waals surface area (Å²) in [6, 6.07) is 18.7. The van der Waals surface area contributed by atoms with Gasteiger partial charge in [0, 0.05) is 17.7 Å². The Hall–Kier alpha value is -1.41. The van der Waals surface area contributed by atoms with E-state index in [0.717, 1.165) is 10.6 Å². The number of hydrogen-bond acceptors (Lipinski definition) is 2. The SMILES string of the molecule is CN(N)P(=O)(c1ccccc1)c1ccccc1. The monoisotopic (exact) mass is 246 g/mol. The van der Waals surface area contributed by atoms with E-state index in [9.17, 15) is 4.57 Å². The summed E-state index contributed by atoms with van der Waals surface area (Å²) in [4.78, 5) is 0. The van der Waals surface area contributed by atoms with Gasteiger partial charge in [0.2, 0.25) is 7.29 Å². The number of hydrazine groups is 1. The highest BCUT2D eigenvalue weighted by molar-refractivity contribution is 7.76. The Kier molecular flexibility index (Phi) is 3.43. The fourth-order valence-corrected chi connectivity index (χ4v) is 3.95. The fraction of sp³-hybridized carbons (Fsp3) is 0.0769. The van der Waals surface area contributed by atoms with Crippen LogP contribution in [-0.4, -0.2) is 11.8 Å². The predicted molar refractivity (Wildman–Crippen MR) is 71.7 cm³/mol. The first kappa shape index (κ1) is 12.1. The van der Waals surface area contributed by atoms with Gasteiger partial charge in [0.1, 0.15) is 0 Å². The topological polar surface area (TPSA) is 46.3 Å². The summed E-state index contributed by atoms with van der Waals surface area (Å²) in [5.41, 5.74) is 0. The van der Waals surface area contributed by atoms with Gasteiger partial charge in [-0.1, -0.05) is 36.4 Å². The first-order valence-corrected chi connectivity index (χ1v) is 7.02. The summed E-state index contributed by atoms with van der Waals surface area (Å²) in [6.07, 6.45) is 0. The second kappa shape index (κ2) is 4.84. The van der Waals surface area contributed by atoms with Gasteiger partial charge in [-0.15, -0.1) is 0 Å². The number of rotatable bonds is 3. The second-order valence-corrected chi connectivity index (χ2v) is 6.64. The summed E-state index contributed by atoms with van der Waals surface area (Å²) < 4.78 is 14.4. The molecule has 0 fully saturated rings. The molecule has 0 radical (unpaired) electrons. The molecule has 0 aromatic heterocycles. The Labute approximate surface area is 101 Å². The van der Waals surface area contributed by atoms with Crippen molar-refractivity contribution < 1.29 is 4.57 Å². The minimum absolute atomic E-state index is 0.746. The Morgan fingerprint density at radius 2 is 1.24 bits per heavy atom. The summed E-state index contributed by atoms with van der Waals surface area (Å²) in [7, 11) is -1.25. The Morgan fingerprint density at radius 1 is 0.882 bits per heavy atom. The molecule has 0 aliphatic rings. The van der Waals surface area contributed by atoms with E-state index in [0.29, 0.717) is 0 Å². The molecule has 0 spiro atoms. The molecule has 0 atom stereocenters. The number of hydrogen-bond donors (Lipinski definition) is 1. The maximum atomic E-state index is 13.1. The zero-order valence-corrected chi connectivity index (χ0v) is 10.5. The lowest BCUT2D eigenvalue weighted by Gasteiger charge is -2.25. The Bertz CT molecular complexity index is 482. The van der Waals surface area contributed by atoms with Gasteiger partial charge in [0.05, 0.1) is 0 Å². The highest BCUT2D eigenvalue weighted by atomic mass is 31.2. The van der Waals surface area contributed by atoms with E-state index in [1.54, 1.807) is 7.05 Å². The molecule has 2 N–H and O–H groups in total. The molecule has 88 valence electrons. The van der Waals surface area contributed by atoms with Crippen LogP contribution in [0.15, 0.2) is 60.7 Å². The molecule has 4 heteroatoms. The van der Waals surface area contributed by atoms with Crippen molar-refractivity contribution >= 4 is 17.9 Å². The minimum atomic E-state index is -2.88. The van der Waals surface area contributed by atoms with E-state index in [1.807, 2.05) is 60.7 Å². The van der Waals surface area contributed by atoms with Crippen LogP contribution in [0.4, 0.5) is 0 Å². The molecule has 2 aromatic rings. The summed E-state index contributed by atoms with van der Waals surface area (Å²) >= 11 is 0. The van der Waals surface area contributed by atoms with Crippen LogP contribution < -0.4 is 16.5 Å². The molecule has 3 nitrogen and oxygen atoms in total. The highest BCUT2D eigenvalue weighted by Crippen LogP contribution is 2.43. The number of nitrogens with zero attached hydrogens (tertiary/aromatic N) is 1. The first-order valence-electron chi connectivity index (χ1n) is 5.36. The van der Waals surface area contributed by atoms with E-state index in [1.165, 1.54) is 4.78 Å². The molecular formula is C13H15N2OP. The number of benzene rings is 2. The third kappa shape index (κ3) is 2.18. The van der Waals surface area contributed by atoms with Gasteiger partial charge in [-0.3, -0.25) is 10.4 Å². The van der Waals surface area contributed by atoms with Crippen molar-refractivity contribution in [2.24, 2.45) is 5.84 Å². The minimum Gasteiger partial charge on any atom is -0.295 e. The Balaban J connectivity index is 2.60. The Morgan fingerprint density at radius 3 is 1.53 bits per heavy atom. The van der Waals surface area contributed by atoms with Gasteiger partial charge in [0.15, 0.2) is 0 Å². The van der Waals surface area contributed by atoms with Gasteiger partial charge in [-0.2, -0.15) is 4.78 Å². The van der Waals surface area contributed by atoms with E-state index in [-0.39, 0.29) is 0 Å². The van der Waals surface area contributed by atoms with Crippen LogP contribution in [0, 0.1) is 0 Å². The van der Waals surface area contributed by atoms with Crippen molar-refractivity contribution in [2.75, 3.05) is 7.05 Å². The molecule has 0 unspecified atom stereocenters. The van der Waals surface area contributed by atoms with Crippen molar-refractivity contribution in [3.05, 3.63) is 60.7 Å². The van der Waals surface area contributed by atoms with Crippen molar-refractivity contribution in [3.63, 3.8) is 0 Å². The lowest BCUT2D eigenvalue weighted by molar-refractivity contribution is 0.501. The summed E-state index contributed by atoms with van der Waals surface area (Å²) in [5.74, 6) is 5.81. The molecule has 0 saturated heterocycles. The summed E-state index contributed by atoms with van der Waals surface area (Å²) in [5, 5.41) is 1.49. The molecule has 0 aliphatic heterocycles. The quantitative estimate of drug-likeness (QED) is 0.509. The molecule has 17 heavy (non-hydrogen) atoms. The van der Waals surface area contributed by atoms with Crippen LogP contribution >= 0.6 is 7.29 Å². The number of nitrogens with two attached hydrogens (primary N) is 1. The lowest BCUT2D eigenvalue weighted by atomic mass is 10.4. The van der Waals surface area contributed by atoms with Crippen LogP contribution in [-0.2, 0) is 4.57 Å². The average molecular weight is 246 g/mol. The van der Waals surface area contributed by atoms with Crippen LogP contribution in [0.2, 0.25) is 0 Å². The molecule has 0 saturated carbocycles. The highest BCUT2D eigenvalue weighted by Gasteiger charge is 2.29. The molecule has 0 heterocycles. The zero-order valence-electron chi connectivity index (χ0n) is 9.65. The van der Waals surface area contributed by atoms with Crippen LogP contribution in [0.1, 0.15) is 0 Å². The largest absolute Gasteiger partial charge is 0.295 e. The molecule has 2 rings (SSSR count). The third-order valence-corrected chi connectivity index (χ3v) is 5.54. The molecule has 0 amide bonds. The van der Waals surface area contributed by atoms with Gasteiger partial charge >= 0.3 is 0 Å². The van der Waals surface area contributed by atoms with Crippen LogP contribution in [0.25, 0.3) is 0 Å². The van der Waals surface area contributed by atoms with Gasteiger partial charge in [0.25, 0.3) is 0 Å². The third-order valence-electron chi connectivity index (χ3n) is 2.66. The molecular weight excluding hydrogens is 231 g/mol. The van der Waals surface area contributed by atoms with Gasteiger partial charge < -0.3 is 0 Å². The van der Waals surface area contributed by atoms with Gasteiger partial charge in [-0.05, 0) is 24.3 Å². The lowest BCUT2D eigenvalue weighted by Crippen LogP contribution is -2.33. The standard InChI is InChI=1S/C13H15N2OP/c1-15(14)17(16,12-8-4-2-5-9-12)13-10-6-3-7-11-13/h2-11H,14H2,1H3. The van der Waals surface area contributed by atoms with Crippen molar-refractivity contribution in [2.45, 2.75) is 0 Å². The predicted octanol–water partition coefficient (Wildman–Crippen LogP) is 1.72. The van der Waals surface area contributed by atoms with E-state index < -0.39 is 7.29 Å². The van der Waals surface area contributed by atoms with Crippen molar-refractivity contribution in [1.29, 1.82) is 0 Å². The van der Waals surface area contributed by atoms with Crippen molar-refractivity contribution in [1.82, 2.24) is 4.78 Å². The van der Waals surface area contributed by atoms with Crippen LogP contribution in [0.5, 0.6) is 0 Å². The molecule has 2 aromatic carbocycles. The van der Waals surface area contributed by atoms with E-state index >= 15 is 0 Å². The average Bonchev–Trinajstić information content (AvgIpc) is 2.39. The maximum Gasteiger partial charge on any atom is 0.219 e. The van der Waals surface area contributed by atoms with Gasteiger partial charge in [-0.25, -0.2) is 0 Å². The van der Waals surface area contributed by atoms with Crippen LogP contribution in [0.3, 0.4) is 0 Å². The maximum absolute atomic E-state index is 13.1. The fourth-order valence-electron chi connectivity index (χ4n) is 1.77. The zero-order chi connectivity index (χ0) is 12.3. The van der Waals surface area contributed by atoms with E-state index in [4.69, 9.17) is 5.84 Å². The first-order chi connectivity index (χ1) is 8.15. The summed E-state index contributed by atoms with van der Waals surface area (Å²) in [6.45, 7) is 0. The second-order valence-electron chi connectivity index (χ2n) is 3.82.